The van der Waals surface area contributed by atoms with Crippen molar-refractivity contribution in [2.45, 2.75) is 51.6 Å². The van der Waals surface area contributed by atoms with Crippen molar-refractivity contribution in [2.75, 3.05) is 6.54 Å². The van der Waals surface area contributed by atoms with E-state index in [4.69, 9.17) is 0 Å². The molecule has 2 atom stereocenters. The highest BCUT2D eigenvalue weighted by atomic mass is 32.1. The molecule has 2 aliphatic rings. The van der Waals surface area contributed by atoms with E-state index in [9.17, 15) is 9.59 Å². The van der Waals surface area contributed by atoms with Crippen LogP contribution in [0.2, 0.25) is 0 Å². The number of para-hydroxylation sites is 1. The molecule has 0 bridgehead atoms. The number of aromatic nitrogens is 1. The van der Waals surface area contributed by atoms with E-state index in [1.165, 1.54) is 15.3 Å². The molecule has 0 saturated carbocycles. The second kappa shape index (κ2) is 7.02. The lowest BCUT2D eigenvalue weighted by atomic mass is 9.91. The number of rotatable bonds is 5. The van der Waals surface area contributed by atoms with E-state index in [0.717, 1.165) is 40.7 Å². The van der Waals surface area contributed by atoms with Gasteiger partial charge in [-0.2, -0.15) is 0 Å². The van der Waals surface area contributed by atoms with Crippen LogP contribution in [0, 0.1) is 0 Å². The van der Waals surface area contributed by atoms with Crippen LogP contribution in [0.1, 0.15) is 53.7 Å². The maximum atomic E-state index is 13.4. The van der Waals surface area contributed by atoms with Gasteiger partial charge in [0.1, 0.15) is 12.1 Å². The molecule has 150 valence electrons. The van der Waals surface area contributed by atoms with Crippen LogP contribution < -0.4 is 0 Å². The third-order valence-electron chi connectivity index (χ3n) is 6.17. The Balaban J connectivity index is 1.67. The summed E-state index contributed by atoms with van der Waals surface area (Å²) in [6, 6.07) is 11.7. The zero-order valence-electron chi connectivity index (χ0n) is 16.8. The summed E-state index contributed by atoms with van der Waals surface area (Å²) in [7, 11) is 0. The fourth-order valence-electron chi connectivity index (χ4n) is 4.68. The number of thiophene rings is 1. The molecule has 5 nitrogen and oxygen atoms in total. The first-order chi connectivity index (χ1) is 14.1. The van der Waals surface area contributed by atoms with Crippen molar-refractivity contribution in [3.63, 3.8) is 0 Å². The van der Waals surface area contributed by atoms with Crippen molar-refractivity contribution in [1.29, 1.82) is 0 Å². The lowest BCUT2D eigenvalue weighted by Crippen LogP contribution is -2.43. The number of nitrogens with zero attached hydrogens (tertiary/aromatic N) is 2. The topological polar surface area (TPSA) is 56.4 Å². The van der Waals surface area contributed by atoms with Gasteiger partial charge in [-0.25, -0.2) is 4.79 Å². The van der Waals surface area contributed by atoms with Crippen LogP contribution in [-0.2, 0) is 17.6 Å². The number of hydrogen-bond donors (Lipinski definition) is 1. The number of hydrogen-bond acceptors (Lipinski definition) is 3. The van der Waals surface area contributed by atoms with Gasteiger partial charge in [-0.1, -0.05) is 38.5 Å². The summed E-state index contributed by atoms with van der Waals surface area (Å²) in [5.41, 5.74) is 3.31. The molecule has 0 unspecified atom stereocenters. The number of benzene rings is 1. The molecule has 2 aromatic heterocycles. The summed E-state index contributed by atoms with van der Waals surface area (Å²) in [5.74, 6) is -0.0448. The molecule has 4 heterocycles. The number of aromatic amines is 1. The molecule has 1 N–H and O–H groups in total. The summed E-state index contributed by atoms with van der Waals surface area (Å²) >= 11 is 1.74. The van der Waals surface area contributed by atoms with Gasteiger partial charge in [-0.15, -0.1) is 11.3 Å². The van der Waals surface area contributed by atoms with Gasteiger partial charge in [-0.3, -0.25) is 14.6 Å². The summed E-state index contributed by atoms with van der Waals surface area (Å²) in [6.07, 6.45) is 3.35. The normalized spacial score (nSPS) is 21.2. The van der Waals surface area contributed by atoms with Crippen molar-refractivity contribution >= 4 is 34.2 Å². The van der Waals surface area contributed by atoms with Gasteiger partial charge in [0.25, 0.3) is 5.91 Å². The molecule has 6 heteroatoms. The third kappa shape index (κ3) is 2.73. The van der Waals surface area contributed by atoms with Crippen molar-refractivity contribution in [3.8, 4) is 0 Å². The highest BCUT2D eigenvalue weighted by molar-refractivity contribution is 7.12. The number of amides is 3. The molecular weight excluding hydrogens is 382 g/mol. The average Bonchev–Trinajstić information content (AvgIpc) is 3.41. The number of urea groups is 1. The minimum Gasteiger partial charge on any atom is -0.356 e. The molecule has 1 fully saturated rings. The fourth-order valence-corrected chi connectivity index (χ4v) is 5.74. The van der Waals surface area contributed by atoms with Crippen LogP contribution >= 0.6 is 11.3 Å². The first-order valence-corrected chi connectivity index (χ1v) is 11.3. The Kier molecular flexibility index (Phi) is 4.46. The van der Waals surface area contributed by atoms with E-state index in [0.29, 0.717) is 13.0 Å². The van der Waals surface area contributed by atoms with Gasteiger partial charge < -0.3 is 4.98 Å². The molecule has 0 radical (unpaired) electrons. The molecule has 3 aromatic rings. The first kappa shape index (κ1) is 18.4. The molecule has 1 saturated heterocycles. The number of carbonyl (C=O) groups excluding carboxylic acids is 2. The number of H-pyrrole nitrogens is 1. The quantitative estimate of drug-likeness (QED) is 0.614. The van der Waals surface area contributed by atoms with Crippen LogP contribution in [0.15, 0.2) is 36.4 Å². The number of imide groups is 1. The van der Waals surface area contributed by atoms with E-state index in [1.807, 2.05) is 17.0 Å². The van der Waals surface area contributed by atoms with Crippen LogP contribution in [0.3, 0.4) is 0 Å². The van der Waals surface area contributed by atoms with E-state index in [-0.39, 0.29) is 18.0 Å². The highest BCUT2D eigenvalue weighted by Crippen LogP contribution is 2.45. The summed E-state index contributed by atoms with van der Waals surface area (Å²) in [6.45, 7) is 4.73. The van der Waals surface area contributed by atoms with Gasteiger partial charge >= 0.3 is 6.03 Å². The van der Waals surface area contributed by atoms with Gasteiger partial charge in [0.05, 0.1) is 0 Å². The number of fused-ring (bicyclic) bond motifs is 4. The Morgan fingerprint density at radius 2 is 1.97 bits per heavy atom. The standard InChI is InChI=1S/C23H25N3O2S/c1-3-5-12-25-22(27)18-13-16-15-8-6-7-9-17(15)24-20(16)21(26(18)23(25)28)19-11-10-14(4-2)29-19/h6-11,18,21,24H,3-5,12-13H2,1-2H3/t18-,21+/m0/s1. The lowest BCUT2D eigenvalue weighted by Gasteiger charge is -2.35. The van der Waals surface area contributed by atoms with Crippen LogP contribution in [0.25, 0.3) is 10.9 Å². The molecule has 0 aliphatic carbocycles. The minimum absolute atomic E-state index is 0.0448. The number of aryl methyl sites for hydroxylation is 1. The van der Waals surface area contributed by atoms with Gasteiger partial charge in [0.15, 0.2) is 0 Å². The molecule has 3 amide bonds. The molecule has 2 aliphatic heterocycles. The Bertz CT molecular complexity index is 1100. The van der Waals surface area contributed by atoms with E-state index in [1.54, 1.807) is 11.3 Å². The SMILES string of the molecule is CCCCN1C(=O)[C@@H]2Cc3c([nH]c4ccccc34)[C@@H](c3ccc(CC)s3)N2C1=O. The van der Waals surface area contributed by atoms with Crippen LogP contribution in [-0.4, -0.2) is 39.3 Å². The second-order valence-electron chi connectivity index (χ2n) is 7.88. The molecule has 0 spiro atoms. The smallest absolute Gasteiger partial charge is 0.328 e. The third-order valence-corrected chi connectivity index (χ3v) is 7.45. The van der Waals surface area contributed by atoms with Gasteiger partial charge in [0, 0.05) is 39.3 Å². The Hall–Kier alpha value is -2.60. The summed E-state index contributed by atoms with van der Waals surface area (Å²) in [4.78, 5) is 35.9. The van der Waals surface area contributed by atoms with E-state index < -0.39 is 6.04 Å². The first-order valence-electron chi connectivity index (χ1n) is 10.5. The Morgan fingerprint density at radius 3 is 2.72 bits per heavy atom. The van der Waals surface area contributed by atoms with E-state index in [2.05, 4.69) is 43.1 Å². The maximum absolute atomic E-state index is 13.4. The highest BCUT2D eigenvalue weighted by Gasteiger charge is 2.52. The number of nitrogens with one attached hydrogen (secondary N) is 1. The van der Waals surface area contributed by atoms with Crippen LogP contribution in [0.4, 0.5) is 4.79 Å². The van der Waals surface area contributed by atoms with Crippen molar-refractivity contribution < 1.29 is 9.59 Å². The summed E-state index contributed by atoms with van der Waals surface area (Å²) in [5, 5.41) is 1.16. The lowest BCUT2D eigenvalue weighted by molar-refractivity contribution is -0.128. The Labute approximate surface area is 174 Å². The van der Waals surface area contributed by atoms with E-state index >= 15 is 0 Å². The van der Waals surface area contributed by atoms with Crippen molar-refractivity contribution in [1.82, 2.24) is 14.8 Å². The van der Waals surface area contributed by atoms with Gasteiger partial charge in [-0.05, 0) is 36.6 Å². The predicted octanol–water partition coefficient (Wildman–Crippen LogP) is 4.87. The van der Waals surface area contributed by atoms with Gasteiger partial charge in [0.2, 0.25) is 0 Å². The number of unbranched alkanes of at least 4 members (excludes halogenated alkanes) is 1. The fraction of sp³-hybridized carbons (Fsp3) is 0.391. The average molecular weight is 408 g/mol. The minimum atomic E-state index is -0.414. The van der Waals surface area contributed by atoms with Crippen LogP contribution in [0.5, 0.6) is 0 Å². The number of carbonyl (C=O) groups is 2. The summed E-state index contributed by atoms with van der Waals surface area (Å²) < 4.78 is 0. The largest absolute Gasteiger partial charge is 0.356 e. The monoisotopic (exact) mass is 407 g/mol. The van der Waals surface area contributed by atoms with Crippen molar-refractivity contribution in [2.24, 2.45) is 0 Å². The molecule has 29 heavy (non-hydrogen) atoms. The van der Waals surface area contributed by atoms with Crippen molar-refractivity contribution in [3.05, 3.63) is 57.4 Å². The predicted molar refractivity (Wildman–Crippen MR) is 115 cm³/mol. The Morgan fingerprint density at radius 1 is 1.14 bits per heavy atom. The molecule has 1 aromatic carbocycles. The zero-order chi connectivity index (χ0) is 20.1. The second-order valence-corrected chi connectivity index (χ2v) is 9.08. The maximum Gasteiger partial charge on any atom is 0.328 e. The molecule has 5 rings (SSSR count). The molecular formula is C23H25N3O2S. The zero-order valence-corrected chi connectivity index (χ0v) is 17.6.